The van der Waals surface area contributed by atoms with E-state index >= 15 is 0 Å². The Balaban J connectivity index is 1.35. The van der Waals surface area contributed by atoms with Crippen LogP contribution in [-0.4, -0.2) is 40.5 Å². The van der Waals surface area contributed by atoms with Crippen molar-refractivity contribution < 1.29 is 4.74 Å². The second-order valence-electron chi connectivity index (χ2n) is 9.97. The number of fused-ring (bicyclic) bond motifs is 2. The van der Waals surface area contributed by atoms with Gasteiger partial charge in [-0.2, -0.15) is 5.10 Å². The van der Waals surface area contributed by atoms with Crippen molar-refractivity contribution >= 4 is 27.8 Å². The summed E-state index contributed by atoms with van der Waals surface area (Å²) in [4.78, 5) is 27.9. The predicted octanol–water partition coefficient (Wildman–Crippen LogP) is 5.19. The number of aromatic nitrogens is 7. The van der Waals surface area contributed by atoms with Crippen molar-refractivity contribution in [1.82, 2.24) is 33.9 Å². The van der Waals surface area contributed by atoms with Crippen LogP contribution in [0.5, 0.6) is 0 Å². The number of para-hydroxylation sites is 1. The van der Waals surface area contributed by atoms with Crippen LogP contribution < -0.4 is 10.9 Å². The van der Waals surface area contributed by atoms with Gasteiger partial charge >= 0.3 is 0 Å². The molecule has 4 aromatic heterocycles. The average Bonchev–Trinajstić information content (AvgIpc) is 3.69. The number of rotatable bonds is 6. The van der Waals surface area contributed by atoms with Gasteiger partial charge in [0.15, 0.2) is 17.0 Å². The maximum Gasteiger partial charge on any atom is 0.265 e. The van der Waals surface area contributed by atoms with Gasteiger partial charge in [-0.15, -0.1) is 0 Å². The molecule has 1 saturated heterocycles. The molecule has 0 spiro atoms. The Labute approximate surface area is 229 Å². The molecule has 0 amide bonds. The van der Waals surface area contributed by atoms with Crippen LogP contribution >= 0.6 is 0 Å². The maximum absolute atomic E-state index is 14.3. The fraction of sp³-hybridized carbons (Fsp3) is 0.233. The number of nitrogens with zero attached hydrogens (tertiary/aromatic N) is 7. The quantitative estimate of drug-likeness (QED) is 0.315. The van der Waals surface area contributed by atoms with Crippen LogP contribution in [0.2, 0.25) is 0 Å². The molecule has 0 saturated carbocycles. The molecule has 1 aliphatic rings. The van der Waals surface area contributed by atoms with E-state index in [1.807, 2.05) is 72.3 Å². The van der Waals surface area contributed by atoms with Gasteiger partial charge in [0.2, 0.25) is 0 Å². The molecule has 6 aromatic rings. The molecule has 1 fully saturated rings. The monoisotopic (exact) mass is 532 g/mol. The van der Waals surface area contributed by atoms with E-state index in [-0.39, 0.29) is 17.8 Å². The number of anilines is 1. The summed E-state index contributed by atoms with van der Waals surface area (Å²) in [5.41, 5.74) is 3.57. The minimum absolute atomic E-state index is 0.0772. The summed E-state index contributed by atoms with van der Waals surface area (Å²) in [6, 6.07) is 19.1. The molecule has 0 aliphatic carbocycles. The van der Waals surface area contributed by atoms with Gasteiger partial charge in [0, 0.05) is 30.4 Å². The third-order valence-corrected chi connectivity index (χ3v) is 7.44. The van der Waals surface area contributed by atoms with E-state index in [4.69, 9.17) is 4.74 Å². The molecule has 1 aliphatic heterocycles. The van der Waals surface area contributed by atoms with Crippen LogP contribution in [-0.2, 0) is 4.74 Å². The van der Waals surface area contributed by atoms with E-state index in [9.17, 15) is 4.79 Å². The van der Waals surface area contributed by atoms with Crippen LogP contribution in [0.25, 0.3) is 33.3 Å². The van der Waals surface area contributed by atoms with E-state index in [1.54, 1.807) is 28.1 Å². The molecule has 0 radical (unpaired) electrons. The highest BCUT2D eigenvalue weighted by atomic mass is 16.5. The molecule has 10 nitrogen and oxygen atoms in total. The van der Waals surface area contributed by atoms with E-state index in [0.717, 1.165) is 54.0 Å². The highest BCUT2D eigenvalue weighted by Crippen LogP contribution is 2.30. The fourth-order valence-electron chi connectivity index (χ4n) is 5.52. The van der Waals surface area contributed by atoms with Gasteiger partial charge in [-0.3, -0.25) is 13.9 Å². The Morgan fingerprint density at radius 3 is 2.73 bits per heavy atom. The molecule has 7 rings (SSSR count). The molecule has 1 N–H and O–H groups in total. The third kappa shape index (κ3) is 4.13. The number of nitrogens with one attached hydrogen (secondary N) is 1. The third-order valence-electron chi connectivity index (χ3n) is 7.44. The lowest BCUT2D eigenvalue weighted by molar-refractivity contribution is -0.0298. The molecule has 200 valence electrons. The average molecular weight is 533 g/mol. The summed E-state index contributed by atoms with van der Waals surface area (Å²) >= 11 is 0. The molecule has 5 heterocycles. The van der Waals surface area contributed by atoms with Crippen molar-refractivity contribution in [1.29, 1.82) is 0 Å². The zero-order valence-corrected chi connectivity index (χ0v) is 22.0. The summed E-state index contributed by atoms with van der Waals surface area (Å²) in [7, 11) is 0. The predicted molar refractivity (Wildman–Crippen MR) is 153 cm³/mol. The lowest BCUT2D eigenvalue weighted by Gasteiger charge is -2.24. The molecule has 2 unspecified atom stereocenters. The van der Waals surface area contributed by atoms with Crippen LogP contribution in [0.15, 0.2) is 90.5 Å². The summed E-state index contributed by atoms with van der Waals surface area (Å²) in [5.74, 6) is 0.601. The van der Waals surface area contributed by atoms with Crippen molar-refractivity contribution in [3.63, 3.8) is 0 Å². The van der Waals surface area contributed by atoms with Crippen LogP contribution in [0, 0.1) is 0 Å². The minimum Gasteiger partial charge on any atom is -0.360 e. The number of imidazole rings is 1. The van der Waals surface area contributed by atoms with Crippen molar-refractivity contribution in [3.8, 4) is 11.4 Å². The summed E-state index contributed by atoms with van der Waals surface area (Å²) in [5, 5.41) is 9.33. The van der Waals surface area contributed by atoms with E-state index < -0.39 is 0 Å². The van der Waals surface area contributed by atoms with Gasteiger partial charge < -0.3 is 10.1 Å². The van der Waals surface area contributed by atoms with Gasteiger partial charge in [-0.25, -0.2) is 19.6 Å². The first-order valence-corrected chi connectivity index (χ1v) is 13.5. The molecular formula is C30H28N8O2. The molecule has 10 heteroatoms. The topological polar surface area (TPSA) is 105 Å². The first-order valence-electron chi connectivity index (χ1n) is 13.5. The Bertz CT molecular complexity index is 1850. The van der Waals surface area contributed by atoms with Crippen molar-refractivity contribution in [2.75, 3.05) is 11.9 Å². The molecule has 0 bridgehead atoms. The lowest BCUT2D eigenvalue weighted by Crippen LogP contribution is -2.26. The molecule has 40 heavy (non-hydrogen) atoms. The molecule has 2 aromatic carbocycles. The zero-order chi connectivity index (χ0) is 27.1. The van der Waals surface area contributed by atoms with Crippen molar-refractivity contribution in [2.45, 2.75) is 38.5 Å². The standard InChI is InChI=1S/C30H28N8O2/c1-20(35-28-27-29(32-18-31-28)36(19-33-27)25-13-5-6-16-40-25)24-17-21-9-7-12-23(37-15-8-14-34-37)26(21)30(39)38(24)22-10-3-2-4-11-22/h2-4,7-12,14-15,17-20,25H,5-6,13,16H2,1H3,(H,31,32,35). The van der Waals surface area contributed by atoms with Crippen LogP contribution in [0.4, 0.5) is 5.82 Å². The van der Waals surface area contributed by atoms with Crippen LogP contribution in [0.1, 0.15) is 44.1 Å². The maximum atomic E-state index is 14.3. The van der Waals surface area contributed by atoms with Gasteiger partial charge in [-0.05, 0) is 61.9 Å². The minimum atomic E-state index is -0.292. The SMILES string of the molecule is CC(Nc1ncnc2c1ncn2C1CCCCO1)c1cc2cccc(-n3cccn3)c2c(=O)n1-c1ccccc1. The number of hydrogen-bond donors (Lipinski definition) is 1. The van der Waals surface area contributed by atoms with E-state index in [2.05, 4.69) is 31.4 Å². The lowest BCUT2D eigenvalue weighted by atomic mass is 10.1. The normalized spacial score (nSPS) is 16.4. The molecular weight excluding hydrogens is 504 g/mol. The second-order valence-corrected chi connectivity index (χ2v) is 9.97. The highest BCUT2D eigenvalue weighted by molar-refractivity contribution is 5.90. The van der Waals surface area contributed by atoms with Gasteiger partial charge in [0.1, 0.15) is 12.6 Å². The summed E-state index contributed by atoms with van der Waals surface area (Å²) in [6.07, 6.45) is 9.90. The van der Waals surface area contributed by atoms with Crippen molar-refractivity contribution in [2.24, 2.45) is 0 Å². The highest BCUT2D eigenvalue weighted by Gasteiger charge is 2.23. The Morgan fingerprint density at radius 1 is 1.02 bits per heavy atom. The number of benzene rings is 2. The zero-order valence-electron chi connectivity index (χ0n) is 22.0. The Morgan fingerprint density at radius 2 is 1.93 bits per heavy atom. The smallest absolute Gasteiger partial charge is 0.265 e. The van der Waals surface area contributed by atoms with Gasteiger partial charge in [0.05, 0.1) is 23.4 Å². The fourth-order valence-corrected chi connectivity index (χ4v) is 5.52. The Kier molecular flexibility index (Phi) is 6.09. The first kappa shape index (κ1) is 24.2. The molecule has 2 atom stereocenters. The number of hydrogen-bond acceptors (Lipinski definition) is 7. The number of pyridine rings is 1. The van der Waals surface area contributed by atoms with Crippen molar-refractivity contribution in [3.05, 3.63) is 102 Å². The Hall–Kier alpha value is -4.83. The summed E-state index contributed by atoms with van der Waals surface area (Å²) in [6.45, 7) is 2.76. The van der Waals surface area contributed by atoms with E-state index in [0.29, 0.717) is 16.7 Å². The largest absolute Gasteiger partial charge is 0.360 e. The van der Waals surface area contributed by atoms with Gasteiger partial charge in [0.25, 0.3) is 5.56 Å². The second kappa shape index (κ2) is 10.0. The number of ether oxygens (including phenoxy) is 1. The summed E-state index contributed by atoms with van der Waals surface area (Å²) < 4.78 is 11.4. The van der Waals surface area contributed by atoms with Gasteiger partial charge in [-0.1, -0.05) is 30.3 Å². The first-order chi connectivity index (χ1) is 19.7. The van der Waals surface area contributed by atoms with E-state index in [1.165, 1.54) is 0 Å². The van der Waals surface area contributed by atoms with Crippen LogP contribution in [0.3, 0.4) is 0 Å².